The van der Waals surface area contributed by atoms with Gasteiger partial charge in [0.1, 0.15) is 10.8 Å². The molecule has 30 heavy (non-hydrogen) atoms. The van der Waals surface area contributed by atoms with E-state index in [-0.39, 0.29) is 5.91 Å². The number of methoxy groups -OCH3 is 1. The Morgan fingerprint density at radius 2 is 1.93 bits per heavy atom. The summed E-state index contributed by atoms with van der Waals surface area (Å²) in [4.78, 5) is 21.8. The monoisotopic (exact) mass is 441 g/mol. The van der Waals surface area contributed by atoms with Crippen molar-refractivity contribution in [3.8, 4) is 5.75 Å². The molecule has 1 amide bonds. The van der Waals surface area contributed by atoms with Crippen molar-refractivity contribution in [3.05, 3.63) is 59.1 Å². The third-order valence-electron chi connectivity index (χ3n) is 5.30. The molecule has 1 saturated heterocycles. The lowest BCUT2D eigenvalue weighted by atomic mass is 10.2. The van der Waals surface area contributed by atoms with Crippen LogP contribution in [0, 0.1) is 0 Å². The SMILES string of the molecule is COc1ccc(CN2CCCN(C(=O)CSCc3nc4ccccc4s3)CC2)cc1. The molecule has 0 bridgehead atoms. The van der Waals surface area contributed by atoms with E-state index in [1.54, 1.807) is 30.2 Å². The van der Waals surface area contributed by atoms with Crippen molar-refractivity contribution < 1.29 is 9.53 Å². The van der Waals surface area contributed by atoms with Crippen molar-refractivity contribution in [1.82, 2.24) is 14.8 Å². The van der Waals surface area contributed by atoms with Gasteiger partial charge in [0, 0.05) is 38.5 Å². The van der Waals surface area contributed by atoms with Crippen molar-refractivity contribution in [2.24, 2.45) is 0 Å². The van der Waals surface area contributed by atoms with Crippen LogP contribution in [0.15, 0.2) is 48.5 Å². The van der Waals surface area contributed by atoms with Crippen LogP contribution in [0.5, 0.6) is 5.75 Å². The zero-order chi connectivity index (χ0) is 20.8. The number of ether oxygens (including phenoxy) is 1. The van der Waals surface area contributed by atoms with E-state index in [4.69, 9.17) is 4.74 Å². The summed E-state index contributed by atoms with van der Waals surface area (Å²) in [5.74, 6) is 2.44. The number of rotatable bonds is 7. The normalized spacial score (nSPS) is 15.3. The average molecular weight is 442 g/mol. The minimum atomic E-state index is 0.243. The molecule has 0 N–H and O–H groups in total. The number of aromatic nitrogens is 1. The van der Waals surface area contributed by atoms with E-state index in [0.717, 1.165) is 61.2 Å². The van der Waals surface area contributed by atoms with Gasteiger partial charge in [0.15, 0.2) is 0 Å². The second kappa shape index (κ2) is 10.3. The number of hydrogen-bond donors (Lipinski definition) is 0. The van der Waals surface area contributed by atoms with Gasteiger partial charge in [0.2, 0.25) is 5.91 Å². The van der Waals surface area contributed by atoms with Crippen LogP contribution in [-0.4, -0.2) is 59.7 Å². The van der Waals surface area contributed by atoms with Crippen LogP contribution in [0.1, 0.15) is 17.0 Å². The Morgan fingerprint density at radius 3 is 2.73 bits per heavy atom. The summed E-state index contributed by atoms with van der Waals surface area (Å²) in [6.45, 7) is 4.50. The maximum absolute atomic E-state index is 12.7. The molecular weight excluding hydrogens is 414 g/mol. The summed E-state index contributed by atoms with van der Waals surface area (Å²) in [6.07, 6.45) is 1.02. The van der Waals surface area contributed by atoms with Gasteiger partial charge in [-0.05, 0) is 36.2 Å². The lowest BCUT2D eigenvalue weighted by molar-refractivity contribution is -0.128. The number of thiazole rings is 1. The highest BCUT2D eigenvalue weighted by Gasteiger charge is 2.19. The second-order valence-corrected chi connectivity index (χ2v) is 9.53. The molecule has 2 aromatic carbocycles. The van der Waals surface area contributed by atoms with Crippen LogP contribution in [0.25, 0.3) is 10.2 Å². The molecule has 3 aromatic rings. The van der Waals surface area contributed by atoms with Crippen LogP contribution in [0.4, 0.5) is 0 Å². The Kier molecular flexibility index (Phi) is 7.25. The Labute approximate surface area is 186 Å². The maximum Gasteiger partial charge on any atom is 0.232 e. The predicted molar refractivity (Wildman–Crippen MR) is 125 cm³/mol. The van der Waals surface area contributed by atoms with E-state index < -0.39 is 0 Å². The summed E-state index contributed by atoms with van der Waals surface area (Å²) < 4.78 is 6.44. The number of carbonyl (C=O) groups excluding carboxylic acids is 1. The quantitative estimate of drug-likeness (QED) is 0.548. The molecule has 1 fully saturated rings. The third kappa shape index (κ3) is 5.53. The molecule has 0 unspecified atom stereocenters. The summed E-state index contributed by atoms with van der Waals surface area (Å²) in [5, 5.41) is 1.09. The molecule has 7 heteroatoms. The van der Waals surface area contributed by atoms with Gasteiger partial charge >= 0.3 is 0 Å². The zero-order valence-electron chi connectivity index (χ0n) is 17.3. The van der Waals surface area contributed by atoms with E-state index in [2.05, 4.69) is 28.1 Å². The van der Waals surface area contributed by atoms with E-state index in [1.807, 2.05) is 35.2 Å². The minimum Gasteiger partial charge on any atom is -0.497 e. The van der Waals surface area contributed by atoms with Crippen molar-refractivity contribution in [1.29, 1.82) is 0 Å². The smallest absolute Gasteiger partial charge is 0.232 e. The molecule has 0 spiro atoms. The minimum absolute atomic E-state index is 0.243. The maximum atomic E-state index is 12.7. The first-order valence-corrected chi connectivity index (χ1v) is 12.2. The first-order chi connectivity index (χ1) is 14.7. The van der Waals surface area contributed by atoms with Gasteiger partial charge in [-0.3, -0.25) is 9.69 Å². The van der Waals surface area contributed by atoms with Crippen LogP contribution in [0.2, 0.25) is 0 Å². The van der Waals surface area contributed by atoms with Crippen molar-refractivity contribution in [2.45, 2.75) is 18.7 Å². The molecular formula is C23H27N3O2S2. The van der Waals surface area contributed by atoms with E-state index in [9.17, 15) is 4.79 Å². The largest absolute Gasteiger partial charge is 0.497 e. The molecule has 0 saturated carbocycles. The van der Waals surface area contributed by atoms with Crippen molar-refractivity contribution >= 4 is 39.2 Å². The lowest BCUT2D eigenvalue weighted by Gasteiger charge is -2.22. The molecule has 5 nitrogen and oxygen atoms in total. The predicted octanol–water partition coefficient (Wildman–Crippen LogP) is 4.27. The highest BCUT2D eigenvalue weighted by Crippen LogP contribution is 2.25. The van der Waals surface area contributed by atoms with Gasteiger partial charge in [-0.2, -0.15) is 0 Å². The highest BCUT2D eigenvalue weighted by atomic mass is 32.2. The topological polar surface area (TPSA) is 45.7 Å². The first kappa shape index (κ1) is 21.2. The van der Waals surface area contributed by atoms with E-state index in [0.29, 0.717) is 5.75 Å². The zero-order valence-corrected chi connectivity index (χ0v) is 18.9. The van der Waals surface area contributed by atoms with Crippen LogP contribution in [0.3, 0.4) is 0 Å². The second-order valence-electron chi connectivity index (χ2n) is 7.43. The molecule has 2 heterocycles. The lowest BCUT2D eigenvalue weighted by Crippen LogP contribution is -2.36. The molecule has 0 aliphatic carbocycles. The fourth-order valence-corrected chi connectivity index (χ4v) is 5.61. The number of hydrogen-bond acceptors (Lipinski definition) is 6. The molecule has 0 radical (unpaired) electrons. The Morgan fingerprint density at radius 1 is 1.10 bits per heavy atom. The summed E-state index contributed by atoms with van der Waals surface area (Å²) in [6, 6.07) is 16.4. The first-order valence-electron chi connectivity index (χ1n) is 10.3. The van der Waals surface area contributed by atoms with E-state index >= 15 is 0 Å². The van der Waals surface area contributed by atoms with Gasteiger partial charge in [0.05, 0.1) is 23.1 Å². The number of thioether (sulfide) groups is 1. The Balaban J connectivity index is 1.22. The van der Waals surface area contributed by atoms with Gasteiger partial charge in [-0.1, -0.05) is 24.3 Å². The molecule has 0 atom stereocenters. The van der Waals surface area contributed by atoms with Gasteiger partial charge in [-0.25, -0.2) is 4.98 Å². The molecule has 1 aliphatic heterocycles. The summed E-state index contributed by atoms with van der Waals surface area (Å²) in [7, 11) is 1.69. The molecule has 1 aliphatic rings. The van der Waals surface area contributed by atoms with Gasteiger partial charge in [-0.15, -0.1) is 23.1 Å². The number of fused-ring (bicyclic) bond motifs is 1. The van der Waals surface area contributed by atoms with Crippen molar-refractivity contribution in [2.75, 3.05) is 39.0 Å². The summed E-state index contributed by atoms with van der Waals surface area (Å²) in [5.41, 5.74) is 2.33. The number of nitrogens with zero attached hydrogens (tertiary/aromatic N) is 3. The van der Waals surface area contributed by atoms with Crippen LogP contribution >= 0.6 is 23.1 Å². The summed E-state index contributed by atoms with van der Waals surface area (Å²) >= 11 is 3.39. The van der Waals surface area contributed by atoms with Gasteiger partial charge in [0.25, 0.3) is 0 Å². The molecule has 1 aromatic heterocycles. The molecule has 4 rings (SSSR count). The fraction of sp³-hybridized carbons (Fsp3) is 0.391. The average Bonchev–Trinajstić information content (AvgIpc) is 3.04. The number of carbonyl (C=O) groups is 1. The molecule has 158 valence electrons. The Bertz CT molecular complexity index is 941. The van der Waals surface area contributed by atoms with E-state index in [1.165, 1.54) is 10.3 Å². The standard InChI is InChI=1S/C23H27N3O2S2/c1-28-19-9-7-18(8-10-19)15-25-11-4-12-26(14-13-25)23(27)17-29-16-22-24-20-5-2-3-6-21(20)30-22/h2-3,5-10H,4,11-17H2,1H3. The number of benzene rings is 2. The number of amides is 1. The number of para-hydroxylation sites is 1. The Hall–Kier alpha value is -2.09. The third-order valence-corrected chi connectivity index (χ3v) is 7.44. The van der Waals surface area contributed by atoms with Crippen molar-refractivity contribution in [3.63, 3.8) is 0 Å². The van der Waals surface area contributed by atoms with Crippen LogP contribution < -0.4 is 4.74 Å². The fourth-order valence-electron chi connectivity index (χ4n) is 3.67. The highest BCUT2D eigenvalue weighted by molar-refractivity contribution is 7.99. The van der Waals surface area contributed by atoms with Crippen LogP contribution in [-0.2, 0) is 17.1 Å². The van der Waals surface area contributed by atoms with Gasteiger partial charge < -0.3 is 9.64 Å².